The van der Waals surface area contributed by atoms with Crippen molar-refractivity contribution in [3.63, 3.8) is 0 Å². The van der Waals surface area contributed by atoms with Crippen LogP contribution in [0.4, 0.5) is 0 Å². The average molecular weight is 308 g/mol. The summed E-state index contributed by atoms with van der Waals surface area (Å²) < 4.78 is 1.25. The Balaban J connectivity index is 2.37. The van der Waals surface area contributed by atoms with Gasteiger partial charge in [-0.1, -0.05) is 30.3 Å². The normalized spacial score (nSPS) is 10.0. The third-order valence-electron chi connectivity index (χ3n) is 1.56. The molecule has 0 fully saturated rings. The maximum Gasteiger partial charge on any atom is 0.0310 e. The molecule has 1 rings (SSSR count). The second-order valence-corrected chi connectivity index (χ2v) is 4.53. The molecule has 0 saturated heterocycles. The third-order valence-corrected chi connectivity index (χ3v) is 2.41. The van der Waals surface area contributed by atoms with Gasteiger partial charge in [-0.3, -0.25) is 0 Å². The van der Waals surface area contributed by atoms with Crippen molar-refractivity contribution in [1.82, 2.24) is 5.32 Å². The molecule has 0 aliphatic carbocycles. The van der Waals surface area contributed by atoms with Gasteiger partial charge in [0.2, 0.25) is 0 Å². The highest BCUT2D eigenvalue weighted by Gasteiger charge is 1.92. The molecular weight excluding hydrogens is 296 g/mol. The largest absolute Gasteiger partial charge is 0.308 e. The van der Waals surface area contributed by atoms with E-state index in [9.17, 15) is 0 Å². The predicted molar refractivity (Wildman–Crippen MR) is 65.9 cm³/mol. The zero-order valence-corrected chi connectivity index (χ0v) is 10.1. The van der Waals surface area contributed by atoms with Crippen LogP contribution in [0.25, 0.3) is 0 Å². The minimum absolute atomic E-state index is 0.644. The van der Waals surface area contributed by atoms with Crippen molar-refractivity contribution in [2.45, 2.75) is 6.54 Å². The molecule has 0 heterocycles. The molecule has 0 amide bonds. The molecule has 0 aromatic heterocycles. The average Bonchev–Trinajstić information content (AvgIpc) is 2.08. The molecule has 70 valence electrons. The fraction of sp³-hybridized carbons (Fsp3) is 0.200. The minimum atomic E-state index is 0.644. The fourth-order valence-corrected chi connectivity index (χ4v) is 1.40. The van der Waals surface area contributed by atoms with Crippen molar-refractivity contribution in [2.75, 3.05) is 6.54 Å². The van der Waals surface area contributed by atoms with Crippen LogP contribution < -0.4 is 5.32 Å². The first-order chi connectivity index (χ1) is 6.18. The van der Waals surface area contributed by atoms with Crippen LogP contribution in [0.5, 0.6) is 0 Å². The molecule has 0 unspecified atom stereocenters. The Hall–Kier alpha value is -0.0600. The van der Waals surface area contributed by atoms with Crippen LogP contribution in [0.3, 0.4) is 0 Å². The van der Waals surface area contributed by atoms with Crippen LogP contribution >= 0.6 is 34.2 Å². The molecule has 0 bridgehead atoms. The van der Waals surface area contributed by atoms with Crippen molar-refractivity contribution >= 4 is 34.2 Å². The van der Waals surface area contributed by atoms with Gasteiger partial charge < -0.3 is 5.32 Å². The van der Waals surface area contributed by atoms with E-state index in [0.717, 1.165) is 6.54 Å². The number of halogens is 2. The van der Waals surface area contributed by atoms with Gasteiger partial charge in [-0.25, -0.2) is 0 Å². The quantitative estimate of drug-likeness (QED) is 0.843. The smallest absolute Gasteiger partial charge is 0.0310 e. The summed E-state index contributed by atoms with van der Waals surface area (Å²) in [5.41, 5.74) is 1.26. The highest BCUT2D eigenvalue weighted by molar-refractivity contribution is 14.1. The van der Waals surface area contributed by atoms with Gasteiger partial charge in [-0.2, -0.15) is 0 Å². The van der Waals surface area contributed by atoms with Gasteiger partial charge >= 0.3 is 0 Å². The molecule has 0 radical (unpaired) electrons. The lowest BCUT2D eigenvalue weighted by molar-refractivity contribution is 0.755. The molecule has 1 N–H and O–H groups in total. The first-order valence-electron chi connectivity index (χ1n) is 3.97. The van der Waals surface area contributed by atoms with E-state index >= 15 is 0 Å². The molecule has 0 aliphatic rings. The fourth-order valence-electron chi connectivity index (χ4n) is 0.945. The summed E-state index contributed by atoms with van der Waals surface area (Å²) >= 11 is 7.90. The minimum Gasteiger partial charge on any atom is -0.308 e. The standard InChI is InChI=1S/C10H11ClIN/c1-8(11)6-13-7-9-2-4-10(12)5-3-9/h2-5,13H,1,6-7H2. The van der Waals surface area contributed by atoms with Crippen molar-refractivity contribution < 1.29 is 0 Å². The summed E-state index contributed by atoms with van der Waals surface area (Å²) in [5, 5.41) is 3.83. The van der Waals surface area contributed by atoms with E-state index in [1.165, 1.54) is 9.13 Å². The van der Waals surface area contributed by atoms with Crippen LogP contribution in [-0.4, -0.2) is 6.54 Å². The summed E-state index contributed by atoms with van der Waals surface area (Å²) in [6.45, 7) is 5.10. The number of hydrogen-bond donors (Lipinski definition) is 1. The monoisotopic (exact) mass is 307 g/mol. The molecule has 1 nitrogen and oxygen atoms in total. The second-order valence-electron chi connectivity index (χ2n) is 2.75. The number of benzene rings is 1. The first-order valence-corrected chi connectivity index (χ1v) is 5.42. The molecule has 0 atom stereocenters. The van der Waals surface area contributed by atoms with Crippen molar-refractivity contribution in [3.05, 3.63) is 45.0 Å². The zero-order valence-electron chi connectivity index (χ0n) is 7.19. The van der Waals surface area contributed by atoms with Gasteiger partial charge in [0.15, 0.2) is 0 Å². The van der Waals surface area contributed by atoms with Crippen LogP contribution in [0.2, 0.25) is 0 Å². The number of hydrogen-bond acceptors (Lipinski definition) is 1. The van der Waals surface area contributed by atoms with E-state index in [1.54, 1.807) is 0 Å². The maximum atomic E-state index is 5.61. The van der Waals surface area contributed by atoms with E-state index in [2.05, 4.69) is 58.8 Å². The number of nitrogens with one attached hydrogen (secondary N) is 1. The van der Waals surface area contributed by atoms with Gasteiger partial charge in [0.1, 0.15) is 0 Å². The maximum absolute atomic E-state index is 5.61. The molecule has 1 aromatic rings. The molecular formula is C10H11ClIN. The Morgan fingerprint density at radius 2 is 2.00 bits per heavy atom. The highest BCUT2D eigenvalue weighted by Crippen LogP contribution is 2.06. The first kappa shape index (κ1) is 11.0. The van der Waals surface area contributed by atoms with Gasteiger partial charge in [0, 0.05) is 21.7 Å². The summed E-state index contributed by atoms with van der Waals surface area (Å²) in [7, 11) is 0. The summed E-state index contributed by atoms with van der Waals surface area (Å²) in [6, 6.07) is 8.39. The van der Waals surface area contributed by atoms with E-state index in [0.29, 0.717) is 11.6 Å². The Labute approximate surface area is 97.3 Å². The Kier molecular flexibility index (Phi) is 4.77. The van der Waals surface area contributed by atoms with Crippen LogP contribution in [0, 0.1) is 3.57 Å². The molecule has 13 heavy (non-hydrogen) atoms. The molecule has 0 spiro atoms. The lowest BCUT2D eigenvalue weighted by atomic mass is 10.2. The summed E-state index contributed by atoms with van der Waals surface area (Å²) in [5.74, 6) is 0. The van der Waals surface area contributed by atoms with Gasteiger partial charge in [0.05, 0.1) is 0 Å². The Morgan fingerprint density at radius 1 is 1.38 bits per heavy atom. The van der Waals surface area contributed by atoms with E-state index in [4.69, 9.17) is 11.6 Å². The predicted octanol–water partition coefficient (Wildman–Crippen LogP) is 3.13. The second kappa shape index (κ2) is 5.62. The molecule has 0 aliphatic heterocycles. The molecule has 3 heteroatoms. The third kappa shape index (κ3) is 4.64. The van der Waals surface area contributed by atoms with Crippen LogP contribution in [-0.2, 0) is 6.54 Å². The van der Waals surface area contributed by atoms with Gasteiger partial charge in [0.25, 0.3) is 0 Å². The topological polar surface area (TPSA) is 12.0 Å². The zero-order chi connectivity index (χ0) is 9.68. The summed E-state index contributed by atoms with van der Waals surface area (Å²) in [6.07, 6.45) is 0. The van der Waals surface area contributed by atoms with E-state index in [1.807, 2.05) is 0 Å². The lowest BCUT2D eigenvalue weighted by Crippen LogP contribution is -2.14. The Bertz CT molecular complexity index is 281. The van der Waals surface area contributed by atoms with Gasteiger partial charge in [-0.15, -0.1) is 0 Å². The highest BCUT2D eigenvalue weighted by atomic mass is 127. The van der Waals surface area contributed by atoms with E-state index < -0.39 is 0 Å². The van der Waals surface area contributed by atoms with Crippen LogP contribution in [0.15, 0.2) is 35.9 Å². The Morgan fingerprint density at radius 3 is 2.54 bits per heavy atom. The molecule has 1 aromatic carbocycles. The van der Waals surface area contributed by atoms with Crippen molar-refractivity contribution in [2.24, 2.45) is 0 Å². The van der Waals surface area contributed by atoms with Crippen molar-refractivity contribution in [1.29, 1.82) is 0 Å². The SMILES string of the molecule is C=C(Cl)CNCc1ccc(I)cc1. The lowest BCUT2D eigenvalue weighted by Gasteiger charge is -2.03. The molecule has 0 saturated carbocycles. The van der Waals surface area contributed by atoms with Gasteiger partial charge in [-0.05, 0) is 40.3 Å². The van der Waals surface area contributed by atoms with E-state index in [-0.39, 0.29) is 0 Å². The van der Waals surface area contributed by atoms with Crippen molar-refractivity contribution in [3.8, 4) is 0 Å². The number of rotatable bonds is 4. The summed E-state index contributed by atoms with van der Waals surface area (Å²) in [4.78, 5) is 0. The van der Waals surface area contributed by atoms with Crippen LogP contribution in [0.1, 0.15) is 5.56 Å².